The third kappa shape index (κ3) is 4.36. The van der Waals surface area contributed by atoms with Crippen molar-refractivity contribution in [2.75, 3.05) is 4.72 Å². The fraction of sp³-hybridized carbons (Fsp3) is 0.286. The monoisotopic (exact) mass is 399 g/mol. The quantitative estimate of drug-likeness (QED) is 0.637. The Morgan fingerprint density at radius 1 is 1.07 bits per heavy atom. The SMILES string of the molecule is Cc1nn(C(C)C)c(C)c1NS(=O)(=O)c1cccc(COc2ccccc2)c1. The molecule has 0 aliphatic carbocycles. The Morgan fingerprint density at radius 3 is 2.43 bits per heavy atom. The first-order chi connectivity index (χ1) is 13.3. The van der Waals surface area contributed by atoms with Crippen molar-refractivity contribution < 1.29 is 13.2 Å². The topological polar surface area (TPSA) is 73.2 Å². The van der Waals surface area contributed by atoms with Gasteiger partial charge in [-0.15, -0.1) is 0 Å². The maximum atomic E-state index is 12.9. The van der Waals surface area contributed by atoms with Crippen LogP contribution in [0.1, 0.15) is 36.8 Å². The molecule has 1 aromatic heterocycles. The number of hydrogen-bond acceptors (Lipinski definition) is 4. The summed E-state index contributed by atoms with van der Waals surface area (Å²) in [6, 6.07) is 16.3. The van der Waals surface area contributed by atoms with Gasteiger partial charge in [-0.3, -0.25) is 9.40 Å². The molecule has 0 saturated carbocycles. The summed E-state index contributed by atoms with van der Waals surface area (Å²) in [4.78, 5) is 0.192. The average Bonchev–Trinajstić information content (AvgIpc) is 2.95. The number of rotatable bonds is 7. The molecular weight excluding hydrogens is 374 g/mol. The van der Waals surface area contributed by atoms with E-state index in [4.69, 9.17) is 4.74 Å². The van der Waals surface area contributed by atoms with Crippen LogP contribution in [0.4, 0.5) is 5.69 Å². The van der Waals surface area contributed by atoms with Crippen molar-refractivity contribution in [3.8, 4) is 5.75 Å². The van der Waals surface area contributed by atoms with Crippen LogP contribution in [0.15, 0.2) is 59.5 Å². The van der Waals surface area contributed by atoms with Crippen LogP contribution in [0.2, 0.25) is 0 Å². The number of benzene rings is 2. The second kappa shape index (κ2) is 8.06. The largest absolute Gasteiger partial charge is 0.489 e. The minimum absolute atomic E-state index is 0.149. The maximum Gasteiger partial charge on any atom is 0.262 e. The molecule has 1 N–H and O–H groups in total. The first-order valence-corrected chi connectivity index (χ1v) is 10.6. The molecule has 1 heterocycles. The average molecular weight is 400 g/mol. The van der Waals surface area contributed by atoms with Crippen LogP contribution in [-0.2, 0) is 16.6 Å². The molecule has 6 nitrogen and oxygen atoms in total. The summed E-state index contributed by atoms with van der Waals surface area (Å²) in [5.41, 5.74) is 2.75. The molecule has 0 aliphatic heterocycles. The normalized spacial score (nSPS) is 11.6. The van der Waals surface area contributed by atoms with E-state index in [9.17, 15) is 8.42 Å². The van der Waals surface area contributed by atoms with Gasteiger partial charge in [0.15, 0.2) is 0 Å². The molecule has 0 atom stereocenters. The van der Waals surface area contributed by atoms with E-state index in [2.05, 4.69) is 9.82 Å². The minimum atomic E-state index is -3.74. The lowest BCUT2D eigenvalue weighted by Crippen LogP contribution is -2.15. The fourth-order valence-corrected chi connectivity index (χ4v) is 4.24. The van der Waals surface area contributed by atoms with Crippen LogP contribution in [0.3, 0.4) is 0 Å². The lowest BCUT2D eigenvalue weighted by atomic mass is 10.2. The Balaban J connectivity index is 1.81. The highest BCUT2D eigenvalue weighted by Gasteiger charge is 2.21. The van der Waals surface area contributed by atoms with Crippen molar-refractivity contribution in [2.45, 2.75) is 45.2 Å². The van der Waals surface area contributed by atoms with Gasteiger partial charge in [0.05, 0.1) is 22.0 Å². The summed E-state index contributed by atoms with van der Waals surface area (Å²) in [6.45, 7) is 7.97. The zero-order valence-electron chi connectivity index (χ0n) is 16.5. The fourth-order valence-electron chi connectivity index (χ4n) is 2.99. The lowest BCUT2D eigenvalue weighted by Gasteiger charge is -2.12. The zero-order chi connectivity index (χ0) is 20.3. The number of aryl methyl sites for hydroxylation is 1. The van der Waals surface area contributed by atoms with E-state index in [-0.39, 0.29) is 17.5 Å². The molecule has 0 fully saturated rings. The number of nitrogens with zero attached hydrogens (tertiary/aromatic N) is 2. The first-order valence-electron chi connectivity index (χ1n) is 9.13. The van der Waals surface area contributed by atoms with E-state index in [1.54, 1.807) is 25.1 Å². The number of nitrogens with one attached hydrogen (secondary N) is 1. The standard InChI is InChI=1S/C21H25N3O3S/c1-15(2)24-17(4)21(16(3)22-24)23-28(25,26)20-12-8-9-18(13-20)14-27-19-10-6-5-7-11-19/h5-13,15,23H,14H2,1-4H3. The highest BCUT2D eigenvalue weighted by atomic mass is 32.2. The lowest BCUT2D eigenvalue weighted by molar-refractivity contribution is 0.306. The van der Waals surface area contributed by atoms with Gasteiger partial charge in [-0.1, -0.05) is 30.3 Å². The van der Waals surface area contributed by atoms with Crippen LogP contribution >= 0.6 is 0 Å². The Hall–Kier alpha value is -2.80. The third-order valence-corrected chi connectivity index (χ3v) is 5.76. The minimum Gasteiger partial charge on any atom is -0.489 e. The summed E-state index contributed by atoms with van der Waals surface area (Å²) in [6.07, 6.45) is 0. The number of aromatic nitrogens is 2. The predicted octanol–water partition coefficient (Wildman–Crippen LogP) is 4.46. The molecule has 0 spiro atoms. The second-order valence-corrected chi connectivity index (χ2v) is 8.62. The van der Waals surface area contributed by atoms with Gasteiger partial charge in [0.2, 0.25) is 0 Å². The highest BCUT2D eigenvalue weighted by Crippen LogP contribution is 2.26. The number of ether oxygens (including phenoxy) is 1. The Bertz CT molecular complexity index is 1060. The van der Waals surface area contributed by atoms with Gasteiger partial charge in [-0.05, 0) is 57.5 Å². The smallest absolute Gasteiger partial charge is 0.262 e. The molecule has 0 saturated heterocycles. The molecule has 0 bridgehead atoms. The number of para-hydroxylation sites is 1. The summed E-state index contributed by atoms with van der Waals surface area (Å²) in [7, 11) is -3.74. The molecule has 7 heteroatoms. The van der Waals surface area contributed by atoms with E-state index in [0.29, 0.717) is 11.4 Å². The summed E-state index contributed by atoms with van der Waals surface area (Å²) in [5, 5.41) is 4.44. The molecule has 28 heavy (non-hydrogen) atoms. The van der Waals surface area contributed by atoms with Gasteiger partial charge in [-0.2, -0.15) is 5.10 Å². The summed E-state index contributed by atoms with van der Waals surface area (Å²) >= 11 is 0. The van der Waals surface area contributed by atoms with E-state index in [0.717, 1.165) is 17.0 Å². The van der Waals surface area contributed by atoms with Crippen LogP contribution in [0.25, 0.3) is 0 Å². The molecule has 148 valence electrons. The van der Waals surface area contributed by atoms with Crippen molar-refractivity contribution in [1.29, 1.82) is 0 Å². The maximum absolute atomic E-state index is 12.9. The predicted molar refractivity (Wildman–Crippen MR) is 110 cm³/mol. The van der Waals surface area contributed by atoms with Gasteiger partial charge in [0.1, 0.15) is 12.4 Å². The van der Waals surface area contributed by atoms with Gasteiger partial charge < -0.3 is 4.74 Å². The van der Waals surface area contributed by atoms with E-state index in [1.807, 2.05) is 61.9 Å². The first kappa shape index (κ1) is 19.9. The van der Waals surface area contributed by atoms with Gasteiger partial charge >= 0.3 is 0 Å². The van der Waals surface area contributed by atoms with Crippen LogP contribution in [0.5, 0.6) is 5.75 Å². The van der Waals surface area contributed by atoms with E-state index >= 15 is 0 Å². The van der Waals surface area contributed by atoms with Crippen LogP contribution in [0, 0.1) is 13.8 Å². The molecular formula is C21H25N3O3S. The third-order valence-electron chi connectivity index (χ3n) is 4.41. The van der Waals surface area contributed by atoms with Crippen molar-refractivity contribution >= 4 is 15.7 Å². The molecule has 0 aliphatic rings. The Morgan fingerprint density at radius 2 is 1.79 bits per heavy atom. The zero-order valence-corrected chi connectivity index (χ0v) is 17.3. The molecule has 2 aromatic carbocycles. The number of hydrogen-bond donors (Lipinski definition) is 1. The van der Waals surface area contributed by atoms with Gasteiger partial charge in [0, 0.05) is 6.04 Å². The highest BCUT2D eigenvalue weighted by molar-refractivity contribution is 7.92. The Labute approximate surface area is 166 Å². The Kier molecular flexibility index (Phi) is 5.74. The molecule has 0 unspecified atom stereocenters. The van der Waals surface area contributed by atoms with Gasteiger partial charge in [0.25, 0.3) is 10.0 Å². The molecule has 3 aromatic rings. The second-order valence-electron chi connectivity index (χ2n) is 6.94. The molecule has 0 amide bonds. The number of sulfonamides is 1. The van der Waals surface area contributed by atoms with Crippen molar-refractivity contribution in [2.24, 2.45) is 0 Å². The van der Waals surface area contributed by atoms with E-state index < -0.39 is 10.0 Å². The number of anilines is 1. The van der Waals surface area contributed by atoms with Crippen molar-refractivity contribution in [3.05, 3.63) is 71.5 Å². The van der Waals surface area contributed by atoms with E-state index in [1.165, 1.54) is 0 Å². The summed E-state index contributed by atoms with van der Waals surface area (Å²) < 4.78 is 36.1. The summed E-state index contributed by atoms with van der Waals surface area (Å²) in [5.74, 6) is 0.737. The van der Waals surface area contributed by atoms with Crippen LogP contribution < -0.4 is 9.46 Å². The molecule has 0 radical (unpaired) electrons. The van der Waals surface area contributed by atoms with Gasteiger partial charge in [-0.25, -0.2) is 8.42 Å². The molecule has 3 rings (SSSR count). The van der Waals surface area contributed by atoms with Crippen LogP contribution in [-0.4, -0.2) is 18.2 Å². The van der Waals surface area contributed by atoms with Crippen molar-refractivity contribution in [1.82, 2.24) is 9.78 Å². The van der Waals surface area contributed by atoms with Crippen molar-refractivity contribution in [3.63, 3.8) is 0 Å².